The van der Waals surface area contributed by atoms with Gasteiger partial charge in [0.1, 0.15) is 0 Å². The summed E-state index contributed by atoms with van der Waals surface area (Å²) in [6.45, 7) is 1.81. The molecule has 0 saturated heterocycles. The number of anilines is 1. The Morgan fingerprint density at radius 1 is 0.956 bits per heavy atom. The van der Waals surface area contributed by atoms with Crippen LogP contribution in [-0.2, 0) is 20.4 Å². The summed E-state index contributed by atoms with van der Waals surface area (Å²) in [6, 6.07) is 1.79. The number of aromatic nitrogens is 4. The number of rotatable bonds is 8. The van der Waals surface area contributed by atoms with Gasteiger partial charge in [-0.15, -0.1) is 0 Å². The summed E-state index contributed by atoms with van der Waals surface area (Å²) in [4.78, 5) is 40.9. The zero-order chi connectivity index (χ0) is 31.9. The second kappa shape index (κ2) is 10.1. The number of aliphatic carboxylic acids is 1. The van der Waals surface area contributed by atoms with Crippen molar-refractivity contribution in [1.82, 2.24) is 20.1 Å². The number of carbonyl (C=O) groups excluding carboxylic acids is 1. The number of ether oxygens (including phenoxy) is 1. The normalized spacial score (nSPS) is 32.8. The van der Waals surface area contributed by atoms with Crippen LogP contribution in [0.2, 0.25) is 0 Å². The fourth-order valence-electron chi connectivity index (χ4n) is 8.33. The molecule has 0 aromatic carbocycles. The van der Waals surface area contributed by atoms with Gasteiger partial charge in [0.2, 0.25) is 17.4 Å². The van der Waals surface area contributed by atoms with Crippen molar-refractivity contribution in [3.8, 4) is 0 Å². The number of amides is 1. The Kier molecular flexibility index (Phi) is 6.84. The lowest BCUT2D eigenvalue weighted by Crippen LogP contribution is -2.53. The van der Waals surface area contributed by atoms with Gasteiger partial charge in [0.05, 0.1) is 11.1 Å². The lowest BCUT2D eigenvalue weighted by molar-refractivity contribution is -0.243. The molecule has 7 aliphatic rings. The van der Waals surface area contributed by atoms with E-state index in [4.69, 9.17) is 19.2 Å². The molecule has 244 valence electrons. The van der Waals surface area contributed by atoms with E-state index < -0.39 is 29.3 Å². The summed E-state index contributed by atoms with van der Waals surface area (Å²) in [6.07, 6.45) is 5.93. The van der Waals surface area contributed by atoms with E-state index in [0.29, 0.717) is 56.0 Å². The lowest BCUT2D eigenvalue weighted by atomic mass is 9.53. The van der Waals surface area contributed by atoms with Crippen LogP contribution in [0.3, 0.4) is 0 Å². The Morgan fingerprint density at radius 2 is 1.56 bits per heavy atom. The third-order valence-electron chi connectivity index (χ3n) is 12.1. The fourth-order valence-corrected chi connectivity index (χ4v) is 8.33. The molecule has 10 nitrogen and oxygen atoms in total. The zero-order valence-electron chi connectivity index (χ0n) is 25.8. The van der Waals surface area contributed by atoms with E-state index in [0.717, 1.165) is 71.0 Å². The van der Waals surface area contributed by atoms with Crippen LogP contribution in [0.15, 0.2) is 16.8 Å². The number of hydrogen-bond donors (Lipinski definition) is 1. The van der Waals surface area contributed by atoms with Crippen molar-refractivity contribution >= 4 is 18.0 Å². The largest absolute Gasteiger partial charge is 0.481 e. The number of carboxylic acids is 1. The van der Waals surface area contributed by atoms with Crippen LogP contribution >= 0.6 is 0 Å². The maximum absolute atomic E-state index is 13.8. The van der Waals surface area contributed by atoms with Crippen LogP contribution < -0.4 is 4.90 Å². The Hall–Kier alpha value is -3.25. The van der Waals surface area contributed by atoms with Gasteiger partial charge >= 0.3 is 18.2 Å². The van der Waals surface area contributed by atoms with E-state index >= 15 is 0 Å². The van der Waals surface area contributed by atoms with Gasteiger partial charge in [0, 0.05) is 29.5 Å². The van der Waals surface area contributed by atoms with Gasteiger partial charge in [-0.25, -0.2) is 19.7 Å². The summed E-state index contributed by atoms with van der Waals surface area (Å²) < 4.78 is 52.4. The highest BCUT2D eigenvalue weighted by Gasteiger charge is 2.56. The lowest BCUT2D eigenvalue weighted by Gasteiger charge is -2.53. The van der Waals surface area contributed by atoms with E-state index in [1.54, 1.807) is 12.3 Å². The molecule has 9 rings (SSSR count). The van der Waals surface area contributed by atoms with Gasteiger partial charge in [-0.3, -0.25) is 4.79 Å². The minimum Gasteiger partial charge on any atom is -0.481 e. The number of halogens is 3. The number of nitrogens with zero attached hydrogens (tertiary/aromatic N) is 5. The first kappa shape index (κ1) is 30.4. The molecule has 0 radical (unpaired) electrons. The van der Waals surface area contributed by atoms with E-state index in [-0.39, 0.29) is 28.7 Å². The average Bonchev–Trinajstić information content (AvgIpc) is 3.76. The molecule has 13 heteroatoms. The van der Waals surface area contributed by atoms with Crippen molar-refractivity contribution in [2.75, 3.05) is 11.4 Å². The Bertz CT molecular complexity index is 1450. The molecule has 45 heavy (non-hydrogen) atoms. The zero-order valence-corrected chi connectivity index (χ0v) is 25.8. The predicted octanol–water partition coefficient (Wildman–Crippen LogP) is 6.99. The highest BCUT2D eigenvalue weighted by Crippen LogP contribution is 2.59. The van der Waals surface area contributed by atoms with Gasteiger partial charge in [0.25, 0.3) is 0 Å². The molecular formula is C32H40F3N5O5. The number of hydrogen-bond acceptors (Lipinski definition) is 8. The standard InChI is InChI=1S/C32H40F3N5O5/c1-27(2,32(33,34)35)44-26(43)40(25-36-18-5-21(37-25)29-12-15-31(16-13-29,17-14-29)24(41)42)19-28-6-9-30(10-7-28,11-8-28)23-38-22(39-45-23)20-3-4-20/h5,18,20H,3-4,6-17,19H2,1-2H3,(H,41,42). The van der Waals surface area contributed by atoms with Gasteiger partial charge in [-0.05, 0) is 115 Å². The molecule has 0 aliphatic heterocycles. The molecule has 7 aliphatic carbocycles. The number of carbonyl (C=O) groups is 2. The van der Waals surface area contributed by atoms with E-state index in [9.17, 15) is 27.9 Å². The first-order chi connectivity index (χ1) is 21.2. The van der Waals surface area contributed by atoms with Gasteiger partial charge < -0.3 is 14.4 Å². The Labute approximate surface area is 259 Å². The van der Waals surface area contributed by atoms with Gasteiger partial charge in [-0.1, -0.05) is 5.16 Å². The van der Waals surface area contributed by atoms with Gasteiger partial charge in [0.15, 0.2) is 5.82 Å². The third-order valence-corrected chi connectivity index (χ3v) is 12.1. The summed E-state index contributed by atoms with van der Waals surface area (Å²) in [5.41, 5.74) is -3.63. The van der Waals surface area contributed by atoms with E-state index in [1.165, 1.54) is 4.90 Å². The molecule has 1 amide bonds. The number of carboxylic acid groups (broad SMARTS) is 1. The molecule has 2 aromatic rings. The Balaban J connectivity index is 1.15. The van der Waals surface area contributed by atoms with Crippen LogP contribution in [0, 0.1) is 10.8 Å². The minimum absolute atomic E-state index is 0.0215. The molecule has 0 atom stereocenters. The quantitative estimate of drug-likeness (QED) is 0.327. The minimum atomic E-state index is -4.77. The number of alkyl halides is 3. The van der Waals surface area contributed by atoms with Crippen molar-refractivity contribution in [2.45, 2.75) is 132 Å². The van der Waals surface area contributed by atoms with E-state index in [1.807, 2.05) is 0 Å². The van der Waals surface area contributed by atoms with Crippen molar-refractivity contribution in [1.29, 1.82) is 0 Å². The fraction of sp³-hybridized carbons (Fsp3) is 0.750. The molecule has 1 N–H and O–H groups in total. The first-order valence-corrected chi connectivity index (χ1v) is 16.2. The molecule has 0 unspecified atom stereocenters. The molecular weight excluding hydrogens is 591 g/mol. The molecule has 2 aromatic heterocycles. The summed E-state index contributed by atoms with van der Waals surface area (Å²) >= 11 is 0. The van der Waals surface area contributed by atoms with Gasteiger partial charge in [-0.2, -0.15) is 18.2 Å². The molecule has 7 saturated carbocycles. The second-order valence-electron chi connectivity index (χ2n) is 15.1. The maximum atomic E-state index is 13.8. The van der Waals surface area contributed by atoms with Crippen LogP contribution in [-0.4, -0.2) is 55.6 Å². The summed E-state index contributed by atoms with van der Waals surface area (Å²) in [5.74, 6) is 1.12. The molecule has 7 fully saturated rings. The topological polar surface area (TPSA) is 132 Å². The molecule has 2 heterocycles. The van der Waals surface area contributed by atoms with Crippen LogP contribution in [0.1, 0.15) is 127 Å². The van der Waals surface area contributed by atoms with Crippen LogP contribution in [0.25, 0.3) is 0 Å². The smallest absolute Gasteiger partial charge is 0.427 e. The first-order valence-electron chi connectivity index (χ1n) is 16.2. The SMILES string of the molecule is CC(C)(OC(=O)N(CC12CCC(c3nc(C4CC4)no3)(CC1)CC2)c1nccc(C23CCC(C(=O)O)(CC2)CC3)n1)C(F)(F)F. The second-order valence-corrected chi connectivity index (χ2v) is 15.1. The summed E-state index contributed by atoms with van der Waals surface area (Å²) in [7, 11) is 0. The number of fused-ring (bicyclic) bond motifs is 6. The average molecular weight is 632 g/mol. The van der Waals surface area contributed by atoms with Crippen molar-refractivity contribution < 1.29 is 37.1 Å². The highest BCUT2D eigenvalue weighted by atomic mass is 19.4. The van der Waals surface area contributed by atoms with Crippen LogP contribution in [0.4, 0.5) is 23.9 Å². The molecule has 4 bridgehead atoms. The predicted molar refractivity (Wildman–Crippen MR) is 154 cm³/mol. The van der Waals surface area contributed by atoms with Crippen molar-refractivity contribution in [2.24, 2.45) is 10.8 Å². The third kappa shape index (κ3) is 5.08. The van der Waals surface area contributed by atoms with Crippen molar-refractivity contribution in [3.63, 3.8) is 0 Å². The maximum Gasteiger partial charge on any atom is 0.427 e. The Morgan fingerprint density at radius 3 is 2.11 bits per heavy atom. The van der Waals surface area contributed by atoms with Crippen molar-refractivity contribution in [3.05, 3.63) is 29.7 Å². The monoisotopic (exact) mass is 631 g/mol. The van der Waals surface area contributed by atoms with E-state index in [2.05, 4.69) is 10.1 Å². The highest BCUT2D eigenvalue weighted by molar-refractivity contribution is 5.86. The molecule has 0 spiro atoms. The summed E-state index contributed by atoms with van der Waals surface area (Å²) in [5, 5.41) is 14.1. The van der Waals surface area contributed by atoms with Crippen LogP contribution in [0.5, 0.6) is 0 Å².